The van der Waals surface area contributed by atoms with Crippen molar-refractivity contribution in [3.63, 3.8) is 0 Å². The maximum atomic E-state index is 12.4. The molecule has 0 aromatic heterocycles. The van der Waals surface area contributed by atoms with Gasteiger partial charge in [0.25, 0.3) is 0 Å². The summed E-state index contributed by atoms with van der Waals surface area (Å²) in [5.41, 5.74) is 0. The van der Waals surface area contributed by atoms with Crippen LogP contribution >= 0.6 is 0 Å². The fraction of sp³-hybridized carbons (Fsp3) is 0.870. The molecule has 1 amide bonds. The molecule has 0 aliphatic rings. The molecule has 0 aromatic rings. The molecule has 4 heteroatoms. The van der Waals surface area contributed by atoms with E-state index in [2.05, 4.69) is 43.5 Å². The molecule has 0 heterocycles. The molecule has 0 saturated carbocycles. The molecule has 0 radical (unpaired) electrons. The van der Waals surface area contributed by atoms with Gasteiger partial charge in [0, 0.05) is 6.42 Å². The highest BCUT2D eigenvalue weighted by atomic mass is 16.3. The first-order valence-corrected chi connectivity index (χ1v) is 26.2. The minimum Gasteiger partial charge on any atom is -0.394 e. The highest BCUT2D eigenvalue weighted by Gasteiger charge is 2.18. The molecule has 0 spiro atoms. The molecule has 0 aromatic carbocycles. The SMILES string of the molecule is CC/C=C\C/C=C\CCCCCCCCCCCCCCCCC(=O)NC(CO)C(O)/C=C/CCCCCCCCCCCCCCCCCCCCCCCCC. The fourth-order valence-corrected chi connectivity index (χ4v) is 8.16. The van der Waals surface area contributed by atoms with E-state index in [4.69, 9.17) is 0 Å². The summed E-state index contributed by atoms with van der Waals surface area (Å²) in [6.45, 7) is 4.23. The van der Waals surface area contributed by atoms with Gasteiger partial charge < -0.3 is 15.5 Å². The van der Waals surface area contributed by atoms with Crippen molar-refractivity contribution in [3.05, 3.63) is 36.5 Å². The lowest BCUT2D eigenvalue weighted by Gasteiger charge is -2.20. The topological polar surface area (TPSA) is 69.6 Å². The lowest BCUT2D eigenvalue weighted by atomic mass is 10.0. The summed E-state index contributed by atoms with van der Waals surface area (Å²) >= 11 is 0. The zero-order valence-electron chi connectivity index (χ0n) is 39.3. The summed E-state index contributed by atoms with van der Waals surface area (Å²) in [5.74, 6) is -0.0615. The van der Waals surface area contributed by atoms with Gasteiger partial charge in [-0.05, 0) is 44.9 Å². The fourth-order valence-electron chi connectivity index (χ4n) is 8.16. The number of unbranched alkanes of at least 4 members (excludes halogenated alkanes) is 37. The first-order valence-electron chi connectivity index (χ1n) is 26.2. The minimum atomic E-state index is -0.839. The standard InChI is InChI=1S/C54H103NO3/c1-3-5-7-9-11-13-15-17-19-21-23-25-26-27-28-30-31-33-35-37-39-41-43-45-47-49-53(57)52(51-56)55-54(58)50-48-46-44-42-40-38-36-34-32-29-24-22-20-18-16-14-12-10-8-6-4-2/h6,8,12,14,47,49,52-53,56-57H,3-5,7,9-11,13,15-46,48,50-51H2,1-2H3,(H,55,58)/b8-6-,14-12-,49-47+. The van der Waals surface area contributed by atoms with Crippen LogP contribution in [0, 0.1) is 0 Å². The second-order valence-corrected chi connectivity index (χ2v) is 17.9. The molecule has 2 unspecified atom stereocenters. The van der Waals surface area contributed by atoms with Gasteiger partial charge in [0.2, 0.25) is 5.91 Å². The molecule has 0 aliphatic carbocycles. The predicted molar refractivity (Wildman–Crippen MR) is 258 cm³/mol. The van der Waals surface area contributed by atoms with E-state index < -0.39 is 12.1 Å². The Labute approximate surface area is 363 Å². The van der Waals surface area contributed by atoms with E-state index in [1.807, 2.05) is 6.08 Å². The molecular formula is C54H103NO3. The lowest BCUT2D eigenvalue weighted by Crippen LogP contribution is -2.45. The van der Waals surface area contributed by atoms with E-state index in [1.165, 1.54) is 225 Å². The van der Waals surface area contributed by atoms with Gasteiger partial charge in [0.15, 0.2) is 0 Å². The van der Waals surface area contributed by atoms with Crippen molar-refractivity contribution >= 4 is 5.91 Å². The first kappa shape index (κ1) is 56.6. The molecule has 3 N–H and O–H groups in total. The number of hydrogen-bond donors (Lipinski definition) is 3. The zero-order chi connectivity index (χ0) is 42.1. The van der Waals surface area contributed by atoms with Gasteiger partial charge in [-0.15, -0.1) is 0 Å². The molecule has 0 saturated heterocycles. The second-order valence-electron chi connectivity index (χ2n) is 17.9. The van der Waals surface area contributed by atoms with E-state index in [0.29, 0.717) is 6.42 Å². The van der Waals surface area contributed by atoms with Crippen LogP contribution in [0.2, 0.25) is 0 Å². The number of nitrogens with one attached hydrogen (secondary N) is 1. The average Bonchev–Trinajstić information content (AvgIpc) is 3.23. The van der Waals surface area contributed by atoms with E-state index in [0.717, 1.165) is 38.5 Å². The Morgan fingerprint density at radius 2 is 0.759 bits per heavy atom. The molecule has 2 atom stereocenters. The summed E-state index contributed by atoms with van der Waals surface area (Å²) < 4.78 is 0. The maximum absolute atomic E-state index is 12.4. The van der Waals surface area contributed by atoms with E-state index in [-0.39, 0.29) is 12.5 Å². The van der Waals surface area contributed by atoms with Gasteiger partial charge in [0.1, 0.15) is 0 Å². The molecule has 0 rings (SSSR count). The van der Waals surface area contributed by atoms with Crippen molar-refractivity contribution in [1.29, 1.82) is 0 Å². The summed E-state index contributed by atoms with van der Waals surface area (Å²) in [4.78, 5) is 12.4. The second kappa shape index (κ2) is 50.0. The van der Waals surface area contributed by atoms with Gasteiger partial charge >= 0.3 is 0 Å². The summed E-state index contributed by atoms with van der Waals surface area (Å²) in [7, 11) is 0. The van der Waals surface area contributed by atoms with Crippen molar-refractivity contribution < 1.29 is 15.0 Å². The van der Waals surface area contributed by atoms with Crippen molar-refractivity contribution in [2.75, 3.05) is 6.61 Å². The van der Waals surface area contributed by atoms with Gasteiger partial charge in [-0.3, -0.25) is 4.79 Å². The highest BCUT2D eigenvalue weighted by molar-refractivity contribution is 5.76. The normalized spacial score (nSPS) is 13.1. The molecule has 0 fully saturated rings. The molecule has 4 nitrogen and oxygen atoms in total. The predicted octanol–water partition coefficient (Wildman–Crippen LogP) is 16.9. The van der Waals surface area contributed by atoms with Crippen LogP contribution < -0.4 is 5.32 Å². The van der Waals surface area contributed by atoms with Crippen LogP contribution in [-0.2, 0) is 4.79 Å². The third-order valence-electron chi connectivity index (χ3n) is 12.1. The van der Waals surface area contributed by atoms with Crippen LogP contribution in [0.3, 0.4) is 0 Å². The van der Waals surface area contributed by atoms with Crippen molar-refractivity contribution in [1.82, 2.24) is 5.32 Å². The van der Waals surface area contributed by atoms with Crippen molar-refractivity contribution in [2.45, 2.75) is 296 Å². The number of hydrogen-bond acceptors (Lipinski definition) is 3. The lowest BCUT2D eigenvalue weighted by molar-refractivity contribution is -0.123. The summed E-state index contributed by atoms with van der Waals surface area (Å²) in [5, 5.41) is 23.1. The highest BCUT2D eigenvalue weighted by Crippen LogP contribution is 2.17. The van der Waals surface area contributed by atoms with Crippen LogP contribution in [0.15, 0.2) is 36.5 Å². The smallest absolute Gasteiger partial charge is 0.220 e. The van der Waals surface area contributed by atoms with Crippen LogP contribution in [0.4, 0.5) is 0 Å². The van der Waals surface area contributed by atoms with Crippen molar-refractivity contribution in [3.8, 4) is 0 Å². The minimum absolute atomic E-state index is 0.0615. The third-order valence-corrected chi connectivity index (χ3v) is 12.1. The van der Waals surface area contributed by atoms with Gasteiger partial charge in [-0.1, -0.05) is 269 Å². The Balaban J connectivity index is 3.49. The van der Waals surface area contributed by atoms with Crippen LogP contribution in [-0.4, -0.2) is 34.9 Å². The number of carbonyl (C=O) groups excluding carboxylic acids is 1. The van der Waals surface area contributed by atoms with E-state index in [9.17, 15) is 15.0 Å². The number of allylic oxidation sites excluding steroid dienone is 5. The molecule has 0 bridgehead atoms. The Morgan fingerprint density at radius 1 is 0.431 bits per heavy atom. The zero-order valence-corrected chi connectivity index (χ0v) is 39.3. The Morgan fingerprint density at radius 3 is 1.12 bits per heavy atom. The number of aliphatic hydroxyl groups is 2. The monoisotopic (exact) mass is 814 g/mol. The number of aliphatic hydroxyl groups excluding tert-OH is 2. The van der Waals surface area contributed by atoms with E-state index >= 15 is 0 Å². The molecular weight excluding hydrogens is 711 g/mol. The molecule has 58 heavy (non-hydrogen) atoms. The van der Waals surface area contributed by atoms with Crippen LogP contribution in [0.5, 0.6) is 0 Å². The Hall–Kier alpha value is -1.39. The quantitative estimate of drug-likeness (QED) is 0.0423. The first-order chi connectivity index (χ1) is 28.7. The average molecular weight is 814 g/mol. The third kappa shape index (κ3) is 45.7. The van der Waals surface area contributed by atoms with Gasteiger partial charge in [-0.2, -0.15) is 0 Å². The van der Waals surface area contributed by atoms with Crippen LogP contribution in [0.1, 0.15) is 284 Å². The Bertz CT molecular complexity index is 882. The van der Waals surface area contributed by atoms with Gasteiger partial charge in [0.05, 0.1) is 18.8 Å². The Kier molecular flexibility index (Phi) is 48.8. The summed E-state index contributed by atoms with van der Waals surface area (Å²) in [6, 6.07) is -0.622. The molecule has 0 aliphatic heterocycles. The largest absolute Gasteiger partial charge is 0.394 e. The number of amides is 1. The molecule has 342 valence electrons. The number of carbonyl (C=O) groups is 1. The maximum Gasteiger partial charge on any atom is 0.220 e. The van der Waals surface area contributed by atoms with E-state index in [1.54, 1.807) is 6.08 Å². The van der Waals surface area contributed by atoms with Crippen molar-refractivity contribution in [2.24, 2.45) is 0 Å². The number of rotatable bonds is 48. The summed E-state index contributed by atoms with van der Waals surface area (Å²) in [6.07, 6.45) is 67.2. The van der Waals surface area contributed by atoms with Gasteiger partial charge in [-0.25, -0.2) is 0 Å². The van der Waals surface area contributed by atoms with Crippen LogP contribution in [0.25, 0.3) is 0 Å².